The number of thiazole rings is 1. The van der Waals surface area contributed by atoms with Crippen LogP contribution in [0.15, 0.2) is 59.0 Å². The Balaban J connectivity index is 1.22. The number of hydrazone groups is 1. The van der Waals surface area contributed by atoms with Crippen molar-refractivity contribution in [2.45, 2.75) is 13.3 Å². The van der Waals surface area contributed by atoms with E-state index in [4.69, 9.17) is 4.74 Å². The van der Waals surface area contributed by atoms with E-state index < -0.39 is 0 Å². The Morgan fingerprint density at radius 2 is 1.80 bits per heavy atom. The number of nitrogens with zero attached hydrogens (tertiary/aromatic N) is 3. The van der Waals surface area contributed by atoms with Gasteiger partial charge in [-0.1, -0.05) is 12.1 Å². The van der Waals surface area contributed by atoms with Gasteiger partial charge in [0, 0.05) is 11.9 Å². The highest BCUT2D eigenvalue weighted by Gasteiger charge is 2.34. The Hall–Kier alpha value is -3.52. The number of aromatic nitrogens is 1. The zero-order valence-electron chi connectivity index (χ0n) is 16.4. The minimum atomic E-state index is -0.235. The molecular formula is C22H20N4O3S. The van der Waals surface area contributed by atoms with Crippen molar-refractivity contribution in [1.29, 1.82) is 0 Å². The van der Waals surface area contributed by atoms with Gasteiger partial charge in [-0.05, 0) is 55.3 Å². The molecule has 0 unspecified atom stereocenters. The van der Waals surface area contributed by atoms with Gasteiger partial charge >= 0.3 is 0 Å². The summed E-state index contributed by atoms with van der Waals surface area (Å²) in [4.78, 5) is 30.2. The van der Waals surface area contributed by atoms with E-state index in [1.807, 2.05) is 36.6 Å². The first-order valence-corrected chi connectivity index (χ1v) is 10.4. The fraction of sp³-hybridized carbons (Fsp3) is 0.182. The van der Waals surface area contributed by atoms with Crippen LogP contribution in [0, 0.1) is 6.92 Å². The molecule has 2 aromatic carbocycles. The standard InChI is InChI=1S/C22H20N4O3S/c1-15-14-30-22(24-15)25-23-13-16-7-9-17(10-8-16)29-12-4-11-26-20(27)18-5-2-3-6-19(18)21(26)28/h2-3,5-10,13-14H,4,11-12H2,1H3,(H,24,25). The number of ether oxygens (including phenoxy) is 1. The van der Waals surface area contributed by atoms with Crippen molar-refractivity contribution in [3.8, 4) is 5.75 Å². The van der Waals surface area contributed by atoms with Gasteiger partial charge in [0.1, 0.15) is 5.75 Å². The molecule has 0 aliphatic carbocycles. The van der Waals surface area contributed by atoms with Crippen LogP contribution >= 0.6 is 11.3 Å². The van der Waals surface area contributed by atoms with Crippen molar-refractivity contribution in [2.75, 3.05) is 18.6 Å². The van der Waals surface area contributed by atoms with E-state index in [-0.39, 0.29) is 11.8 Å². The van der Waals surface area contributed by atoms with Crippen molar-refractivity contribution >= 4 is 34.5 Å². The SMILES string of the molecule is Cc1csc(NN=Cc2ccc(OCCCN3C(=O)c4ccccc4C3=O)cc2)n1. The Morgan fingerprint density at radius 1 is 1.10 bits per heavy atom. The van der Waals surface area contributed by atoms with E-state index in [9.17, 15) is 9.59 Å². The molecule has 30 heavy (non-hydrogen) atoms. The Bertz CT molecular complexity index is 1060. The highest BCUT2D eigenvalue weighted by Crippen LogP contribution is 2.22. The third-order valence-electron chi connectivity index (χ3n) is 4.55. The van der Waals surface area contributed by atoms with Gasteiger partial charge in [-0.15, -0.1) is 11.3 Å². The van der Waals surface area contributed by atoms with Crippen LogP contribution in [-0.2, 0) is 0 Å². The first-order chi connectivity index (χ1) is 14.6. The summed E-state index contributed by atoms with van der Waals surface area (Å²) in [6.07, 6.45) is 2.27. The summed E-state index contributed by atoms with van der Waals surface area (Å²) in [7, 11) is 0. The highest BCUT2D eigenvalue weighted by molar-refractivity contribution is 7.13. The third kappa shape index (κ3) is 4.38. The summed E-state index contributed by atoms with van der Waals surface area (Å²) >= 11 is 1.50. The lowest BCUT2D eigenvalue weighted by molar-refractivity contribution is 0.0647. The van der Waals surface area contributed by atoms with Crippen LogP contribution in [0.4, 0.5) is 5.13 Å². The molecule has 0 spiro atoms. The van der Waals surface area contributed by atoms with E-state index in [0.717, 1.165) is 22.1 Å². The molecular weight excluding hydrogens is 400 g/mol. The number of hydrogen-bond donors (Lipinski definition) is 1. The maximum atomic E-state index is 12.3. The average Bonchev–Trinajstić information content (AvgIpc) is 3.28. The summed E-state index contributed by atoms with van der Waals surface area (Å²) in [5, 5.41) is 6.88. The van der Waals surface area contributed by atoms with Gasteiger partial charge in [-0.25, -0.2) is 4.98 Å². The molecule has 0 fully saturated rings. The topological polar surface area (TPSA) is 83.9 Å². The van der Waals surface area contributed by atoms with Crippen LogP contribution in [0.5, 0.6) is 5.75 Å². The van der Waals surface area contributed by atoms with Crippen molar-refractivity contribution in [3.63, 3.8) is 0 Å². The van der Waals surface area contributed by atoms with E-state index in [0.29, 0.717) is 30.7 Å². The number of imide groups is 1. The molecule has 1 aliphatic heterocycles. The monoisotopic (exact) mass is 420 g/mol. The summed E-state index contributed by atoms with van der Waals surface area (Å²) in [6.45, 7) is 2.68. The largest absolute Gasteiger partial charge is 0.494 e. The average molecular weight is 420 g/mol. The first kappa shape index (κ1) is 19.8. The summed E-state index contributed by atoms with van der Waals surface area (Å²) in [6, 6.07) is 14.4. The normalized spacial score (nSPS) is 13.2. The second-order valence-electron chi connectivity index (χ2n) is 6.74. The molecule has 3 aromatic rings. The van der Waals surface area contributed by atoms with Crippen LogP contribution in [-0.4, -0.2) is 41.1 Å². The molecule has 152 valence electrons. The molecule has 0 saturated carbocycles. The first-order valence-electron chi connectivity index (χ1n) is 9.51. The number of fused-ring (bicyclic) bond motifs is 1. The number of benzene rings is 2. The van der Waals surface area contributed by atoms with E-state index in [1.165, 1.54) is 16.2 Å². The van der Waals surface area contributed by atoms with Gasteiger partial charge in [0.2, 0.25) is 5.13 Å². The molecule has 1 N–H and O–H groups in total. The van der Waals surface area contributed by atoms with Crippen LogP contribution in [0.3, 0.4) is 0 Å². The number of carbonyl (C=O) groups is 2. The maximum absolute atomic E-state index is 12.3. The van der Waals surface area contributed by atoms with E-state index in [1.54, 1.807) is 30.5 Å². The van der Waals surface area contributed by atoms with Crippen molar-refractivity contribution in [3.05, 3.63) is 76.3 Å². The number of rotatable bonds is 8. The van der Waals surface area contributed by atoms with Crippen molar-refractivity contribution in [1.82, 2.24) is 9.88 Å². The Kier molecular flexibility index (Phi) is 5.85. The van der Waals surface area contributed by atoms with Gasteiger partial charge < -0.3 is 4.74 Å². The molecule has 1 aliphatic rings. The van der Waals surface area contributed by atoms with Crippen LogP contribution in [0.2, 0.25) is 0 Å². The molecule has 0 radical (unpaired) electrons. The molecule has 1 aromatic heterocycles. The molecule has 0 saturated heterocycles. The zero-order chi connectivity index (χ0) is 20.9. The molecule has 0 bridgehead atoms. The smallest absolute Gasteiger partial charge is 0.261 e. The zero-order valence-corrected chi connectivity index (χ0v) is 17.2. The van der Waals surface area contributed by atoms with Gasteiger partial charge in [0.05, 0.1) is 29.6 Å². The molecule has 0 atom stereocenters. The minimum absolute atomic E-state index is 0.235. The Morgan fingerprint density at radius 3 is 2.43 bits per heavy atom. The number of anilines is 1. The Labute approximate surface area is 178 Å². The fourth-order valence-corrected chi connectivity index (χ4v) is 3.71. The van der Waals surface area contributed by atoms with Gasteiger partial charge in [-0.2, -0.15) is 5.10 Å². The molecule has 2 amide bonds. The predicted molar refractivity (Wildman–Crippen MR) is 116 cm³/mol. The molecule has 8 heteroatoms. The maximum Gasteiger partial charge on any atom is 0.261 e. The van der Waals surface area contributed by atoms with E-state index >= 15 is 0 Å². The van der Waals surface area contributed by atoms with E-state index in [2.05, 4.69) is 15.5 Å². The number of amides is 2. The molecule has 4 rings (SSSR count). The number of hydrogen-bond acceptors (Lipinski definition) is 7. The lowest BCUT2D eigenvalue weighted by Crippen LogP contribution is -2.31. The van der Waals surface area contributed by atoms with Crippen LogP contribution in [0.25, 0.3) is 0 Å². The molecule has 2 heterocycles. The number of aryl methyl sites for hydroxylation is 1. The third-order valence-corrected chi connectivity index (χ3v) is 5.41. The highest BCUT2D eigenvalue weighted by atomic mass is 32.1. The number of nitrogens with one attached hydrogen (secondary N) is 1. The van der Waals surface area contributed by atoms with Crippen LogP contribution in [0.1, 0.15) is 38.4 Å². The summed E-state index contributed by atoms with van der Waals surface area (Å²) < 4.78 is 5.73. The minimum Gasteiger partial charge on any atom is -0.494 e. The summed E-state index contributed by atoms with van der Waals surface area (Å²) in [5.41, 5.74) is 5.73. The second-order valence-corrected chi connectivity index (χ2v) is 7.60. The fourth-order valence-electron chi connectivity index (χ4n) is 3.07. The van der Waals surface area contributed by atoms with Gasteiger partial charge in [-0.3, -0.25) is 19.9 Å². The lowest BCUT2D eigenvalue weighted by atomic mass is 10.1. The van der Waals surface area contributed by atoms with Crippen molar-refractivity contribution in [2.24, 2.45) is 5.10 Å². The lowest BCUT2D eigenvalue weighted by Gasteiger charge is -2.14. The molecule has 7 nitrogen and oxygen atoms in total. The van der Waals surface area contributed by atoms with Gasteiger partial charge in [0.25, 0.3) is 11.8 Å². The summed E-state index contributed by atoms with van der Waals surface area (Å²) in [5.74, 6) is 0.250. The predicted octanol–water partition coefficient (Wildman–Crippen LogP) is 3.96. The van der Waals surface area contributed by atoms with Crippen LogP contribution < -0.4 is 10.2 Å². The quantitative estimate of drug-likeness (QED) is 0.258. The second kappa shape index (κ2) is 8.87. The number of carbonyl (C=O) groups excluding carboxylic acids is 2. The van der Waals surface area contributed by atoms with Crippen molar-refractivity contribution < 1.29 is 14.3 Å². The van der Waals surface area contributed by atoms with Gasteiger partial charge in [0.15, 0.2) is 0 Å².